The molecule has 1 N–H and O–H groups in total. The second-order valence-electron chi connectivity index (χ2n) is 5.44. The fourth-order valence-electron chi connectivity index (χ4n) is 3.50. The van der Waals surface area contributed by atoms with Crippen LogP contribution in [0.1, 0.15) is 25.7 Å². The number of rotatable bonds is 3. The summed E-state index contributed by atoms with van der Waals surface area (Å²) in [5, 5.41) is 3.49. The second-order valence-corrected chi connectivity index (χ2v) is 6.60. The van der Waals surface area contributed by atoms with Crippen LogP contribution in [0.15, 0.2) is 18.2 Å². The summed E-state index contributed by atoms with van der Waals surface area (Å²) >= 11 is 2.19. The van der Waals surface area contributed by atoms with Gasteiger partial charge in [0.1, 0.15) is 5.82 Å². The van der Waals surface area contributed by atoms with Gasteiger partial charge < -0.3 is 5.32 Å². The number of benzene rings is 1. The predicted octanol–water partition coefficient (Wildman–Crippen LogP) is 4.28. The smallest absolute Gasteiger partial charge is 0.124 e. The molecule has 0 aliphatic heterocycles. The van der Waals surface area contributed by atoms with Gasteiger partial charge in [-0.25, -0.2) is 4.39 Å². The Kier molecular flexibility index (Phi) is 3.28. The molecule has 0 amide bonds. The SMILES string of the molecule is Fc1ccc(NCC2CC3CCC2C3)c(I)c1. The van der Waals surface area contributed by atoms with Crippen LogP contribution in [0.2, 0.25) is 0 Å². The van der Waals surface area contributed by atoms with Crippen LogP contribution in [-0.2, 0) is 0 Å². The van der Waals surface area contributed by atoms with E-state index in [1.54, 1.807) is 6.07 Å². The van der Waals surface area contributed by atoms with Crippen LogP contribution in [0.5, 0.6) is 0 Å². The lowest BCUT2D eigenvalue weighted by Gasteiger charge is -2.22. The zero-order valence-electron chi connectivity index (χ0n) is 9.76. The summed E-state index contributed by atoms with van der Waals surface area (Å²) in [5.41, 5.74) is 1.08. The van der Waals surface area contributed by atoms with Crippen molar-refractivity contribution in [3.8, 4) is 0 Å². The molecule has 3 rings (SSSR count). The van der Waals surface area contributed by atoms with E-state index in [2.05, 4.69) is 27.9 Å². The summed E-state index contributed by atoms with van der Waals surface area (Å²) in [7, 11) is 0. The van der Waals surface area contributed by atoms with Gasteiger partial charge in [0.25, 0.3) is 0 Å². The van der Waals surface area contributed by atoms with Crippen molar-refractivity contribution in [3.05, 3.63) is 27.6 Å². The standard InChI is InChI=1S/C14H17FIN/c15-12-3-4-14(13(16)7-12)17-8-11-6-9-1-2-10(11)5-9/h3-4,7,9-11,17H,1-2,5-6,8H2. The summed E-state index contributed by atoms with van der Waals surface area (Å²) in [5.74, 6) is 2.64. The molecule has 3 heteroatoms. The molecule has 0 saturated heterocycles. The molecule has 1 aromatic carbocycles. The predicted molar refractivity (Wildman–Crippen MR) is 76.5 cm³/mol. The third-order valence-corrected chi connectivity index (χ3v) is 5.26. The molecular formula is C14H17FIN. The highest BCUT2D eigenvalue weighted by Gasteiger charge is 2.39. The monoisotopic (exact) mass is 345 g/mol. The first kappa shape index (κ1) is 11.8. The van der Waals surface area contributed by atoms with Crippen molar-refractivity contribution in [3.63, 3.8) is 0 Å². The summed E-state index contributed by atoms with van der Waals surface area (Å²) < 4.78 is 14.0. The molecule has 2 bridgehead atoms. The molecule has 0 aromatic heterocycles. The van der Waals surface area contributed by atoms with E-state index >= 15 is 0 Å². The number of hydrogen-bond acceptors (Lipinski definition) is 1. The molecule has 1 nitrogen and oxygen atoms in total. The molecule has 3 unspecified atom stereocenters. The summed E-state index contributed by atoms with van der Waals surface area (Å²) in [6, 6.07) is 4.97. The van der Waals surface area contributed by atoms with Crippen molar-refractivity contribution < 1.29 is 4.39 Å². The van der Waals surface area contributed by atoms with Crippen LogP contribution in [-0.4, -0.2) is 6.54 Å². The van der Waals surface area contributed by atoms with Gasteiger partial charge in [-0.2, -0.15) is 0 Å². The van der Waals surface area contributed by atoms with E-state index in [9.17, 15) is 4.39 Å². The Morgan fingerprint density at radius 1 is 1.29 bits per heavy atom. The lowest BCUT2D eigenvalue weighted by molar-refractivity contribution is 0.348. The average molecular weight is 345 g/mol. The Morgan fingerprint density at radius 3 is 2.82 bits per heavy atom. The lowest BCUT2D eigenvalue weighted by atomic mass is 9.89. The molecule has 2 aliphatic carbocycles. The molecule has 0 spiro atoms. The van der Waals surface area contributed by atoms with Gasteiger partial charge in [0.05, 0.1) is 0 Å². The number of halogens is 2. The van der Waals surface area contributed by atoms with E-state index in [1.165, 1.54) is 31.7 Å². The Labute approximate surface area is 115 Å². The van der Waals surface area contributed by atoms with Crippen LogP contribution in [0.3, 0.4) is 0 Å². The minimum atomic E-state index is -0.153. The van der Waals surface area contributed by atoms with Crippen molar-refractivity contribution in [1.29, 1.82) is 0 Å². The number of anilines is 1. The third kappa shape index (κ3) is 2.44. The van der Waals surface area contributed by atoms with Crippen LogP contribution in [0, 0.1) is 27.1 Å². The highest BCUT2D eigenvalue weighted by molar-refractivity contribution is 14.1. The topological polar surface area (TPSA) is 12.0 Å². The van der Waals surface area contributed by atoms with Crippen LogP contribution in [0.25, 0.3) is 0 Å². The largest absolute Gasteiger partial charge is 0.384 e. The Bertz CT molecular complexity index is 421. The van der Waals surface area contributed by atoms with E-state index < -0.39 is 0 Å². The third-order valence-electron chi connectivity index (χ3n) is 4.37. The zero-order valence-corrected chi connectivity index (χ0v) is 11.9. The maximum absolute atomic E-state index is 13.0. The van der Waals surface area contributed by atoms with Gasteiger partial charge in [-0.3, -0.25) is 0 Å². The quantitative estimate of drug-likeness (QED) is 0.807. The lowest BCUT2D eigenvalue weighted by Crippen LogP contribution is -2.20. The summed E-state index contributed by atoms with van der Waals surface area (Å²) in [4.78, 5) is 0. The van der Waals surface area contributed by atoms with E-state index in [1.807, 2.05) is 6.07 Å². The van der Waals surface area contributed by atoms with Crippen LogP contribution < -0.4 is 5.32 Å². The second kappa shape index (κ2) is 4.75. The maximum Gasteiger partial charge on any atom is 0.124 e. The molecule has 92 valence electrons. The van der Waals surface area contributed by atoms with E-state index in [4.69, 9.17) is 0 Å². The Morgan fingerprint density at radius 2 is 2.18 bits per heavy atom. The van der Waals surface area contributed by atoms with E-state index in [0.717, 1.165) is 33.6 Å². The average Bonchev–Trinajstić information content (AvgIpc) is 2.89. The highest BCUT2D eigenvalue weighted by atomic mass is 127. The minimum absolute atomic E-state index is 0.153. The Balaban J connectivity index is 1.60. The molecule has 0 heterocycles. The van der Waals surface area contributed by atoms with Gasteiger partial charge in [0, 0.05) is 15.8 Å². The zero-order chi connectivity index (χ0) is 11.8. The number of nitrogens with one attached hydrogen (secondary N) is 1. The number of fused-ring (bicyclic) bond motifs is 2. The summed E-state index contributed by atoms with van der Waals surface area (Å²) in [6.07, 6.45) is 5.73. The first-order valence-corrected chi connectivity index (χ1v) is 7.49. The van der Waals surface area contributed by atoms with Crippen LogP contribution >= 0.6 is 22.6 Å². The van der Waals surface area contributed by atoms with Crippen molar-refractivity contribution in [2.45, 2.75) is 25.7 Å². The molecule has 2 saturated carbocycles. The summed E-state index contributed by atoms with van der Waals surface area (Å²) in [6.45, 7) is 1.06. The van der Waals surface area contributed by atoms with Crippen molar-refractivity contribution >= 4 is 28.3 Å². The maximum atomic E-state index is 13.0. The molecule has 3 atom stereocenters. The van der Waals surface area contributed by atoms with Gasteiger partial charge in [-0.15, -0.1) is 0 Å². The first-order chi connectivity index (χ1) is 8.22. The van der Waals surface area contributed by atoms with Crippen molar-refractivity contribution in [1.82, 2.24) is 0 Å². The van der Waals surface area contributed by atoms with E-state index in [0.29, 0.717) is 0 Å². The van der Waals surface area contributed by atoms with Crippen molar-refractivity contribution in [2.75, 3.05) is 11.9 Å². The molecular weight excluding hydrogens is 328 g/mol. The highest BCUT2D eigenvalue weighted by Crippen LogP contribution is 2.48. The first-order valence-electron chi connectivity index (χ1n) is 6.41. The number of hydrogen-bond donors (Lipinski definition) is 1. The molecule has 17 heavy (non-hydrogen) atoms. The molecule has 0 radical (unpaired) electrons. The molecule has 2 fully saturated rings. The molecule has 1 aromatic rings. The fourth-order valence-corrected chi connectivity index (χ4v) is 4.17. The van der Waals surface area contributed by atoms with E-state index in [-0.39, 0.29) is 5.82 Å². The van der Waals surface area contributed by atoms with Gasteiger partial charge in [0.2, 0.25) is 0 Å². The van der Waals surface area contributed by atoms with Gasteiger partial charge in [0.15, 0.2) is 0 Å². The van der Waals surface area contributed by atoms with Gasteiger partial charge in [-0.05, 0) is 77.8 Å². The normalized spacial score (nSPS) is 30.8. The van der Waals surface area contributed by atoms with Gasteiger partial charge in [-0.1, -0.05) is 6.42 Å². The van der Waals surface area contributed by atoms with Crippen LogP contribution in [0.4, 0.5) is 10.1 Å². The molecule has 2 aliphatic rings. The fraction of sp³-hybridized carbons (Fsp3) is 0.571. The minimum Gasteiger partial charge on any atom is -0.384 e. The van der Waals surface area contributed by atoms with Gasteiger partial charge >= 0.3 is 0 Å². The van der Waals surface area contributed by atoms with Crippen molar-refractivity contribution in [2.24, 2.45) is 17.8 Å². The Hall–Kier alpha value is -0.320.